The van der Waals surface area contributed by atoms with Gasteiger partial charge in [-0.25, -0.2) is 0 Å². The normalized spacial score (nSPS) is 12.5. The second kappa shape index (κ2) is 16.4. The van der Waals surface area contributed by atoms with Gasteiger partial charge in [0.2, 0.25) is 0 Å². The third-order valence-electron chi connectivity index (χ3n) is 12.3. The highest BCUT2D eigenvalue weighted by atomic mass is 15.1. The molecule has 0 saturated carbocycles. The van der Waals surface area contributed by atoms with Gasteiger partial charge >= 0.3 is 0 Å². The summed E-state index contributed by atoms with van der Waals surface area (Å²) in [4.78, 5) is 11.1. The molecule has 0 atom stereocenters. The molecule has 5 nitrogen and oxygen atoms in total. The number of rotatable bonds is 10. The van der Waals surface area contributed by atoms with Crippen LogP contribution < -0.4 is 24.5 Å². The van der Waals surface area contributed by atoms with Gasteiger partial charge in [-0.2, -0.15) is 0 Å². The molecule has 0 spiro atoms. The molecule has 0 amide bonds. The van der Waals surface area contributed by atoms with E-state index in [4.69, 9.17) is 0 Å². The molecule has 0 saturated heterocycles. The average molecular weight is 756 g/mol. The molecular formula is C52H61N5. The number of hydrogen-bond acceptors (Lipinski definition) is 5. The van der Waals surface area contributed by atoms with Crippen LogP contribution in [0, 0.1) is 0 Å². The second-order valence-corrected chi connectivity index (χ2v) is 16.4. The maximum absolute atomic E-state index is 2.38. The van der Waals surface area contributed by atoms with Crippen molar-refractivity contribution in [2.75, 3.05) is 94.0 Å². The van der Waals surface area contributed by atoms with Gasteiger partial charge in [0, 0.05) is 110 Å². The Morgan fingerprint density at radius 2 is 0.649 bits per heavy atom. The van der Waals surface area contributed by atoms with Crippen molar-refractivity contribution in [2.24, 2.45) is 0 Å². The predicted molar refractivity (Wildman–Crippen MR) is 249 cm³/mol. The number of benzene rings is 6. The zero-order chi connectivity index (χ0) is 40.5. The average Bonchev–Trinajstić information content (AvgIpc) is 3.74. The van der Waals surface area contributed by atoms with Crippen LogP contribution in [-0.2, 0) is 6.42 Å². The zero-order valence-corrected chi connectivity index (χ0v) is 36.1. The lowest BCUT2D eigenvalue weighted by Gasteiger charge is -2.20. The molecular weight excluding hydrogens is 695 g/mol. The Bertz CT molecular complexity index is 2220. The molecule has 0 aromatic heterocycles. The lowest BCUT2D eigenvalue weighted by Crippen LogP contribution is -2.16. The number of anilines is 5. The first-order valence-electron chi connectivity index (χ1n) is 20.6. The molecule has 5 heteroatoms. The summed E-state index contributed by atoms with van der Waals surface area (Å²) in [7, 11) is 16.9. The lowest BCUT2D eigenvalue weighted by molar-refractivity contribution is 0.962. The summed E-state index contributed by atoms with van der Waals surface area (Å²) in [6, 6.07) is 46.0. The van der Waals surface area contributed by atoms with E-state index in [2.05, 4.69) is 223 Å². The number of fused-ring (bicyclic) bond motifs is 6. The van der Waals surface area contributed by atoms with E-state index in [1.807, 2.05) is 0 Å². The van der Waals surface area contributed by atoms with Crippen molar-refractivity contribution in [2.45, 2.75) is 39.0 Å². The number of hydrogen-bond donors (Lipinski definition) is 0. The molecule has 8 rings (SSSR count). The lowest BCUT2D eigenvalue weighted by atomic mass is 9.88. The van der Waals surface area contributed by atoms with E-state index in [1.54, 1.807) is 0 Å². The first kappa shape index (κ1) is 39.6. The highest BCUT2D eigenvalue weighted by molar-refractivity contribution is 5.86. The van der Waals surface area contributed by atoms with Crippen LogP contribution in [0.4, 0.5) is 28.4 Å². The smallest absolute Gasteiger partial charge is 0.0369 e. The minimum absolute atomic E-state index is 0.285. The molecule has 2 aliphatic carbocycles. The minimum atomic E-state index is 0.285. The van der Waals surface area contributed by atoms with Gasteiger partial charge in [0.05, 0.1) is 0 Å². The third-order valence-corrected chi connectivity index (χ3v) is 12.3. The van der Waals surface area contributed by atoms with Crippen LogP contribution in [0.3, 0.4) is 0 Å². The van der Waals surface area contributed by atoms with Gasteiger partial charge in [-0.3, -0.25) is 0 Å². The van der Waals surface area contributed by atoms with Crippen LogP contribution in [0.15, 0.2) is 121 Å². The van der Waals surface area contributed by atoms with Crippen LogP contribution in [0.2, 0.25) is 0 Å². The SMILES string of the molecule is CCN(C)c1ccc2c(c1)-c1cc(N(C)CC)ccc1C2c1ccc(N(C)C)cc1.CCc1ccc(C2c3ccc(N(C)C)cc3-c3cc(N(C)C)ccc32)cc1. The van der Waals surface area contributed by atoms with E-state index in [0.717, 1.165) is 19.5 Å². The Labute approximate surface area is 342 Å². The van der Waals surface area contributed by atoms with Crippen molar-refractivity contribution < 1.29 is 0 Å². The highest BCUT2D eigenvalue weighted by Crippen LogP contribution is 2.51. The monoisotopic (exact) mass is 755 g/mol. The summed E-state index contributed by atoms with van der Waals surface area (Å²) >= 11 is 0. The van der Waals surface area contributed by atoms with Gasteiger partial charge in [0.15, 0.2) is 0 Å². The topological polar surface area (TPSA) is 16.2 Å². The Morgan fingerprint density at radius 3 is 0.965 bits per heavy atom. The first-order valence-corrected chi connectivity index (χ1v) is 20.6. The van der Waals surface area contributed by atoms with Gasteiger partial charge in [-0.05, 0) is 142 Å². The van der Waals surface area contributed by atoms with E-state index in [1.165, 1.54) is 89.6 Å². The van der Waals surface area contributed by atoms with Crippen LogP contribution in [0.25, 0.3) is 22.3 Å². The highest BCUT2D eigenvalue weighted by Gasteiger charge is 2.32. The molecule has 0 bridgehead atoms. The standard InChI is InChI=1S/C27H33N3.C25H28N2/c1-7-29(5)21-13-15-23-25(17-21)26-18-22(30(6)8-2)14-16-24(26)27(23)19-9-11-20(12-10-19)28(3)4;1-6-17-7-9-18(10-8-17)25-21-13-11-19(26(2)3)15-23(21)24-16-20(27(4)5)12-14-22(24)25/h9-18,27H,7-8H2,1-6H3;7-16,25H,6H2,1-5H3. The molecule has 0 N–H and O–H groups in total. The summed E-state index contributed by atoms with van der Waals surface area (Å²) in [6.45, 7) is 8.61. The minimum Gasteiger partial charge on any atom is -0.378 e. The summed E-state index contributed by atoms with van der Waals surface area (Å²) in [6.07, 6.45) is 1.08. The van der Waals surface area contributed by atoms with Crippen LogP contribution in [0.1, 0.15) is 71.6 Å². The van der Waals surface area contributed by atoms with E-state index < -0.39 is 0 Å². The maximum Gasteiger partial charge on any atom is 0.0369 e. The molecule has 0 fully saturated rings. The Hall–Kier alpha value is -5.68. The largest absolute Gasteiger partial charge is 0.378 e. The van der Waals surface area contributed by atoms with Crippen molar-refractivity contribution in [3.05, 3.63) is 160 Å². The molecule has 57 heavy (non-hydrogen) atoms. The molecule has 294 valence electrons. The van der Waals surface area contributed by atoms with Gasteiger partial charge in [-0.15, -0.1) is 0 Å². The van der Waals surface area contributed by atoms with Crippen molar-refractivity contribution in [3.8, 4) is 22.3 Å². The molecule has 0 aliphatic heterocycles. The second-order valence-electron chi connectivity index (χ2n) is 16.4. The van der Waals surface area contributed by atoms with Crippen molar-refractivity contribution in [3.63, 3.8) is 0 Å². The first-order chi connectivity index (χ1) is 27.4. The van der Waals surface area contributed by atoms with Crippen molar-refractivity contribution in [1.82, 2.24) is 0 Å². The molecule has 0 heterocycles. The van der Waals surface area contributed by atoms with Gasteiger partial charge < -0.3 is 24.5 Å². The van der Waals surface area contributed by atoms with Crippen molar-refractivity contribution in [1.29, 1.82) is 0 Å². The molecule has 0 radical (unpaired) electrons. The van der Waals surface area contributed by atoms with Gasteiger partial charge in [0.1, 0.15) is 0 Å². The number of aryl methyl sites for hydroxylation is 1. The molecule has 2 aliphatic rings. The summed E-state index contributed by atoms with van der Waals surface area (Å²) < 4.78 is 0. The predicted octanol–water partition coefficient (Wildman–Crippen LogP) is 11.4. The molecule has 0 unspecified atom stereocenters. The Kier molecular flexibility index (Phi) is 11.4. The van der Waals surface area contributed by atoms with Crippen LogP contribution in [-0.4, -0.2) is 69.5 Å². The Morgan fingerprint density at radius 1 is 0.351 bits per heavy atom. The molecule has 6 aromatic carbocycles. The quantitative estimate of drug-likeness (QED) is 0.138. The fourth-order valence-electron chi connectivity index (χ4n) is 8.48. The number of nitrogens with zero attached hydrogens (tertiary/aromatic N) is 5. The third kappa shape index (κ3) is 7.60. The Balaban J connectivity index is 0.000000175. The van der Waals surface area contributed by atoms with Crippen LogP contribution >= 0.6 is 0 Å². The fourth-order valence-corrected chi connectivity index (χ4v) is 8.48. The van der Waals surface area contributed by atoms with E-state index in [-0.39, 0.29) is 5.92 Å². The van der Waals surface area contributed by atoms with E-state index >= 15 is 0 Å². The summed E-state index contributed by atoms with van der Waals surface area (Å²) in [5.41, 5.74) is 21.5. The van der Waals surface area contributed by atoms with E-state index in [0.29, 0.717) is 5.92 Å². The van der Waals surface area contributed by atoms with Gasteiger partial charge in [-0.1, -0.05) is 67.6 Å². The van der Waals surface area contributed by atoms with Crippen LogP contribution in [0.5, 0.6) is 0 Å². The van der Waals surface area contributed by atoms with E-state index in [9.17, 15) is 0 Å². The molecule has 6 aromatic rings. The fraction of sp³-hybridized carbons (Fsp3) is 0.308. The van der Waals surface area contributed by atoms with Gasteiger partial charge in [0.25, 0.3) is 0 Å². The summed E-state index contributed by atoms with van der Waals surface area (Å²) in [5, 5.41) is 0. The summed E-state index contributed by atoms with van der Waals surface area (Å²) in [5.74, 6) is 0.599. The maximum atomic E-state index is 2.38. The zero-order valence-electron chi connectivity index (χ0n) is 36.1. The van der Waals surface area contributed by atoms with Crippen molar-refractivity contribution >= 4 is 28.4 Å².